The predicted molar refractivity (Wildman–Crippen MR) is 367 cm³/mol. The summed E-state index contributed by atoms with van der Waals surface area (Å²) in [6, 6.07) is 10.3. The molecule has 2 heterocycles. The number of likely N-dealkylation sites (N-methyl/N-ethyl adjacent to an activating group) is 1. The molecule has 1 aliphatic heterocycles. The molecule has 8 amide bonds. The molecule has 0 spiro atoms. The molecule has 1 aromatic heterocycles. The van der Waals surface area contributed by atoms with Crippen LogP contribution in [0.3, 0.4) is 0 Å². The zero-order chi connectivity index (χ0) is 71.6. The van der Waals surface area contributed by atoms with Crippen LogP contribution in [0.25, 0.3) is 0 Å². The number of rotatable bonds is 42. The number of hydrogen-bond acceptors (Lipinski definition) is 16. The van der Waals surface area contributed by atoms with E-state index in [9.17, 15) is 62.6 Å². The van der Waals surface area contributed by atoms with Crippen LogP contribution in [0.15, 0.2) is 53.9 Å². The van der Waals surface area contributed by atoms with E-state index in [0.717, 1.165) is 24.9 Å². The Labute approximate surface area is 570 Å². The van der Waals surface area contributed by atoms with E-state index in [1.165, 1.54) is 32.1 Å². The van der Waals surface area contributed by atoms with Crippen LogP contribution in [-0.4, -0.2) is 148 Å². The Morgan fingerprint density at radius 2 is 1.38 bits per heavy atom. The van der Waals surface area contributed by atoms with Gasteiger partial charge in [-0.1, -0.05) is 97.7 Å². The van der Waals surface area contributed by atoms with E-state index in [4.69, 9.17) is 15.5 Å². The summed E-state index contributed by atoms with van der Waals surface area (Å²) in [6.07, 6.45) is 4.81. The first kappa shape index (κ1) is 80.5. The maximum Gasteiger partial charge on any atom is 0.312 e. The SMILES string of the molecule is CC[C@H](C)[C@H](CC(=O)[C@@]1(C)CCCN1C)C(=O)N(C)[C@H](C[C@@H](NC(C)=O)c1nc(C(=O)N[C@@H](Cc2ccc(CC(=O)OCc3ccc(NC(=O)[C@H](CCCNC(N)=O)CC(=O)[C@@H](NC(=O)[C@H](CCCCNC(C)=O)CC(C)=O)C(C)C)cc3)cc2)C[C@H](C)C(=O)O)cs1)C(C)C. The van der Waals surface area contributed by atoms with Crippen molar-refractivity contribution in [3.63, 3.8) is 0 Å². The molecule has 2 aromatic carbocycles. The zero-order valence-corrected chi connectivity index (χ0v) is 59.4. The van der Waals surface area contributed by atoms with E-state index in [-0.39, 0.29) is 129 Å². The van der Waals surface area contributed by atoms with Crippen LogP contribution in [0, 0.1) is 41.4 Å². The topological polar surface area (TPSA) is 352 Å². The Morgan fingerprint density at radius 1 is 0.750 bits per heavy atom. The Hall–Kier alpha value is -7.93. The van der Waals surface area contributed by atoms with Crippen LogP contribution in [-0.2, 0) is 72.1 Å². The molecular formula is C71H106N10O14S. The average molecular weight is 1360 g/mol. The molecule has 0 radical (unpaired) electrons. The van der Waals surface area contributed by atoms with Gasteiger partial charge in [0, 0.05) is 94.2 Å². The molecule has 0 aliphatic carbocycles. The molecule has 3 aromatic rings. The molecule has 9 N–H and O–H groups in total. The van der Waals surface area contributed by atoms with E-state index < -0.39 is 83.0 Å². The molecule has 0 saturated carbocycles. The summed E-state index contributed by atoms with van der Waals surface area (Å²) in [5, 5.41) is 28.8. The second-order valence-corrected chi connectivity index (χ2v) is 27.9. The standard InChI is InChI=1S/C71H106N10O14S/c1-14-44(6)56(38-61(86)71(11)29-18-32-80(71)12)68(91)81(13)59(42(2)3)39-57(75-48(10)84)67-78-58(41-96-67)66(90)77-55(33-45(7)69(92)93)35-49-21-23-50(24-22-49)36-62(87)95-40-51-25-27-54(28-26-51)76-64(88)53(20-17-31-74-70(72)94)37-60(85)63(43(4)5)79-65(89)52(34-46(8)82)19-15-16-30-73-47(9)83/h21-28,41-45,52-53,55-57,59,63H,14-20,29-40H2,1-13H3,(H,73,83)(H,75,84)(H,76,88)(H,77,90)(H,79,89)(H,92,93)(H3,72,74,94)/t44-,45-,52+,53+,55+,56-,57+,59+,63-,71+/m0/s1. The fraction of sp³-hybridized carbons (Fsp3) is 0.620. The molecule has 0 unspecified atom stereocenters. The van der Waals surface area contributed by atoms with E-state index in [1.54, 1.807) is 86.6 Å². The highest BCUT2D eigenvalue weighted by molar-refractivity contribution is 7.10. The highest BCUT2D eigenvalue weighted by atomic mass is 32.1. The minimum atomic E-state index is -1.04. The summed E-state index contributed by atoms with van der Waals surface area (Å²) in [6.45, 7) is 20.6. The van der Waals surface area contributed by atoms with E-state index in [0.29, 0.717) is 60.5 Å². The van der Waals surface area contributed by atoms with E-state index >= 15 is 0 Å². The number of esters is 1. The molecule has 96 heavy (non-hydrogen) atoms. The van der Waals surface area contributed by atoms with Crippen molar-refractivity contribution < 1.29 is 67.4 Å². The number of aliphatic carboxylic acids is 1. The molecule has 0 bridgehead atoms. The fourth-order valence-electron chi connectivity index (χ4n) is 12.2. The third-order valence-corrected chi connectivity index (χ3v) is 19.4. The first-order valence-corrected chi connectivity index (χ1v) is 34.6. The number of carboxylic acid groups (broad SMARTS) is 1. The number of carbonyl (C=O) groups excluding carboxylic acids is 11. The molecule has 24 nitrogen and oxygen atoms in total. The summed E-state index contributed by atoms with van der Waals surface area (Å²) in [5.41, 5.74) is 7.11. The molecule has 25 heteroatoms. The second kappa shape index (κ2) is 39.3. The Balaban J connectivity index is 1.38. The van der Waals surface area contributed by atoms with Crippen molar-refractivity contribution in [2.24, 2.45) is 47.2 Å². The van der Waals surface area contributed by atoms with Crippen molar-refractivity contribution >= 4 is 87.8 Å². The lowest BCUT2D eigenvalue weighted by atomic mass is 9.80. The molecule has 1 fully saturated rings. The fourth-order valence-corrected chi connectivity index (χ4v) is 13.1. The van der Waals surface area contributed by atoms with Crippen molar-refractivity contribution in [3.8, 4) is 0 Å². The normalized spacial score (nSPS) is 16.7. The van der Waals surface area contributed by atoms with Gasteiger partial charge in [0.15, 0.2) is 11.6 Å². The van der Waals surface area contributed by atoms with E-state index in [1.807, 2.05) is 41.7 Å². The van der Waals surface area contributed by atoms with Gasteiger partial charge in [-0.3, -0.25) is 52.8 Å². The lowest BCUT2D eigenvalue weighted by molar-refractivity contribution is -0.144. The molecule has 1 saturated heterocycles. The Bertz CT molecular complexity index is 3140. The van der Waals surface area contributed by atoms with Crippen LogP contribution in [0.1, 0.15) is 198 Å². The summed E-state index contributed by atoms with van der Waals surface area (Å²) in [5.74, 6) is -7.59. The number of urea groups is 1. The van der Waals surface area contributed by atoms with Crippen LogP contribution >= 0.6 is 11.3 Å². The number of thiazole rings is 1. The van der Waals surface area contributed by atoms with Gasteiger partial charge in [0.25, 0.3) is 5.91 Å². The highest BCUT2D eigenvalue weighted by Gasteiger charge is 2.44. The van der Waals surface area contributed by atoms with Crippen molar-refractivity contribution in [1.29, 1.82) is 0 Å². The van der Waals surface area contributed by atoms with Gasteiger partial charge in [-0.15, -0.1) is 11.3 Å². The van der Waals surface area contributed by atoms with Gasteiger partial charge in [-0.2, -0.15) is 0 Å². The number of Topliss-reactive ketones (excluding diaryl/α,β-unsaturated/α-hetero) is 3. The first-order valence-electron chi connectivity index (χ1n) is 33.7. The lowest BCUT2D eigenvalue weighted by Gasteiger charge is -2.38. The Morgan fingerprint density at radius 3 is 1.95 bits per heavy atom. The van der Waals surface area contributed by atoms with Crippen molar-refractivity contribution in [1.82, 2.24) is 41.4 Å². The molecule has 10 atom stereocenters. The lowest BCUT2D eigenvalue weighted by Crippen LogP contribution is -2.50. The third kappa shape index (κ3) is 26.2. The maximum atomic E-state index is 14.5. The number of benzene rings is 2. The average Bonchev–Trinajstić information content (AvgIpc) is 1.86. The largest absolute Gasteiger partial charge is 0.481 e. The molecule has 1 aliphatic rings. The van der Waals surface area contributed by atoms with Crippen molar-refractivity contribution in [2.75, 3.05) is 39.0 Å². The van der Waals surface area contributed by atoms with Crippen LogP contribution < -0.4 is 37.6 Å². The minimum absolute atomic E-state index is 0.0174. The summed E-state index contributed by atoms with van der Waals surface area (Å²) >= 11 is 1.19. The number of hydrogen-bond donors (Lipinski definition) is 8. The Kier molecular flexibility index (Phi) is 33.0. The van der Waals surface area contributed by atoms with Gasteiger partial charge >= 0.3 is 18.0 Å². The van der Waals surface area contributed by atoms with Gasteiger partial charge in [0.2, 0.25) is 29.5 Å². The number of carbonyl (C=O) groups is 12. The maximum absolute atomic E-state index is 14.5. The van der Waals surface area contributed by atoms with Crippen LogP contribution in [0.5, 0.6) is 0 Å². The first-order chi connectivity index (χ1) is 45.2. The number of ketones is 3. The van der Waals surface area contributed by atoms with Crippen molar-refractivity contribution in [3.05, 3.63) is 81.3 Å². The number of carboxylic acids is 1. The van der Waals surface area contributed by atoms with Gasteiger partial charge in [-0.05, 0) is 132 Å². The number of aromatic nitrogens is 1. The number of likely N-dealkylation sites (tertiary alicyclic amines) is 1. The smallest absolute Gasteiger partial charge is 0.312 e. The summed E-state index contributed by atoms with van der Waals surface area (Å²) in [7, 11) is 3.70. The number of unbranched alkanes of at least 4 members (excludes halogenated alkanes) is 1. The second-order valence-electron chi connectivity index (χ2n) is 27.0. The highest BCUT2D eigenvalue weighted by Crippen LogP contribution is 2.35. The van der Waals surface area contributed by atoms with Gasteiger partial charge in [0.05, 0.1) is 30.0 Å². The monoisotopic (exact) mass is 1350 g/mol. The number of anilines is 1. The number of primary amides is 1. The third-order valence-electron chi connectivity index (χ3n) is 18.5. The van der Waals surface area contributed by atoms with Gasteiger partial charge in [-0.25, -0.2) is 9.78 Å². The summed E-state index contributed by atoms with van der Waals surface area (Å²) < 4.78 is 5.61. The van der Waals surface area contributed by atoms with E-state index in [2.05, 4.69) is 36.8 Å². The quantitative estimate of drug-likeness (QED) is 0.0196. The summed E-state index contributed by atoms with van der Waals surface area (Å²) in [4.78, 5) is 165. The number of nitrogens with zero attached hydrogens (tertiary/aromatic N) is 3. The zero-order valence-electron chi connectivity index (χ0n) is 58.6. The van der Waals surface area contributed by atoms with Crippen LogP contribution in [0.4, 0.5) is 10.5 Å². The van der Waals surface area contributed by atoms with Gasteiger partial charge in [0.1, 0.15) is 23.1 Å². The van der Waals surface area contributed by atoms with Crippen molar-refractivity contribution in [2.45, 2.75) is 209 Å². The minimum Gasteiger partial charge on any atom is -0.481 e. The number of amides is 8. The molecule has 530 valence electrons. The number of nitrogens with two attached hydrogens (primary N) is 1. The number of nitrogens with one attached hydrogen (secondary N) is 6. The van der Waals surface area contributed by atoms with Crippen LogP contribution in [0.2, 0.25) is 0 Å². The predicted octanol–water partition coefficient (Wildman–Crippen LogP) is 8.04. The molecule has 4 rings (SSSR count). The number of ether oxygens (including phenoxy) is 1. The molecular weight excluding hydrogens is 1250 g/mol. The van der Waals surface area contributed by atoms with Gasteiger partial charge < -0.3 is 57.2 Å².